The Bertz CT molecular complexity index is 2550. The first-order chi connectivity index (χ1) is 27.3. The quantitative estimate of drug-likeness (QED) is 0.102. The maximum absolute atomic E-state index is 15.5. The van der Waals surface area contributed by atoms with Crippen LogP contribution in [0.5, 0.6) is 5.75 Å². The third kappa shape index (κ3) is 6.84. The van der Waals surface area contributed by atoms with Gasteiger partial charge in [0, 0.05) is 104 Å². The molecule has 12 heteroatoms. The number of anilines is 1. The second-order valence-corrected chi connectivity index (χ2v) is 17.0. The van der Waals surface area contributed by atoms with Crippen LogP contribution in [0.4, 0.5) is 5.69 Å². The van der Waals surface area contributed by atoms with Crippen molar-refractivity contribution in [2.24, 2.45) is 14.1 Å². The fraction of sp³-hybridized carbons (Fsp3) is 0.400. The predicted octanol–water partition coefficient (Wildman–Crippen LogP) is 8.87. The molecule has 298 valence electrons. The summed E-state index contributed by atoms with van der Waals surface area (Å²) < 4.78 is 12.4. The lowest BCUT2D eigenvalue weighted by Gasteiger charge is -2.35. The van der Waals surface area contributed by atoms with Gasteiger partial charge in [0.2, 0.25) is 0 Å². The van der Waals surface area contributed by atoms with E-state index in [0.29, 0.717) is 42.3 Å². The Morgan fingerprint density at radius 2 is 1.63 bits per heavy atom. The second kappa shape index (κ2) is 15.3. The monoisotopic (exact) mass is 807 g/mol. The number of carbonyl (C=O) groups excluding carboxylic acids is 2. The van der Waals surface area contributed by atoms with Gasteiger partial charge >= 0.3 is 0 Å². The van der Waals surface area contributed by atoms with E-state index in [0.717, 1.165) is 122 Å². The summed E-state index contributed by atoms with van der Waals surface area (Å²) in [6.07, 6.45) is 4.09. The number of piperazine rings is 1. The van der Waals surface area contributed by atoms with Gasteiger partial charge in [-0.2, -0.15) is 5.10 Å². The number of hydrogen-bond donors (Lipinski definition) is 0. The number of fused-ring (bicyclic) bond motifs is 4. The summed E-state index contributed by atoms with van der Waals surface area (Å²) in [5, 5.41) is 8.00. The molecule has 0 N–H and O–H groups in total. The lowest BCUT2D eigenvalue weighted by Crippen LogP contribution is -2.44. The maximum Gasteiger partial charge on any atom is 0.275 e. The predicted molar refractivity (Wildman–Crippen MR) is 231 cm³/mol. The number of aryl methyl sites for hydroxylation is 6. The first-order valence-electron chi connectivity index (χ1n) is 19.8. The van der Waals surface area contributed by atoms with Crippen molar-refractivity contribution in [3.8, 4) is 16.9 Å². The Hall–Kier alpha value is -4.61. The molecule has 1 saturated heterocycles. The standard InChI is InChI=1S/C45H51Cl2N7O3/c1-26-18-33(19-27(2)41(26)47)57-17-9-10-34-35-11-12-37(46)40(39-29(4)48-51(8)30(39)5)43(35)54-28(3)22-53(45(56)44(34)54)38-21-31(23-52-15-13-49(6)14-16-52)20-36-32(25-55)24-50(7)42(36)38/h11-12,18-21,24-25,28H,9-10,13-17,22-23H2,1-8H3/t28-/m1/s1. The van der Waals surface area contributed by atoms with Crippen molar-refractivity contribution in [1.82, 2.24) is 28.7 Å². The number of rotatable bonds is 10. The second-order valence-electron chi connectivity index (χ2n) is 16.2. The van der Waals surface area contributed by atoms with Crippen LogP contribution < -0.4 is 9.64 Å². The van der Waals surface area contributed by atoms with Crippen LogP contribution in [0, 0.1) is 27.7 Å². The molecular weight excluding hydrogens is 757 g/mol. The Morgan fingerprint density at radius 3 is 2.30 bits per heavy atom. The number of aromatic nitrogens is 4. The summed E-state index contributed by atoms with van der Waals surface area (Å²) in [6.45, 7) is 15.8. The van der Waals surface area contributed by atoms with Gasteiger partial charge in [-0.15, -0.1) is 0 Å². The minimum absolute atomic E-state index is 0.0715. The molecule has 0 saturated carbocycles. The molecule has 0 unspecified atom stereocenters. The molecule has 2 aliphatic heterocycles. The third-order valence-corrected chi connectivity index (χ3v) is 13.0. The normalized spacial score (nSPS) is 16.6. The van der Waals surface area contributed by atoms with Crippen LogP contribution in [0.15, 0.2) is 42.6 Å². The first kappa shape index (κ1) is 39.2. The fourth-order valence-electron chi connectivity index (χ4n) is 9.20. The van der Waals surface area contributed by atoms with Crippen LogP contribution in [0.2, 0.25) is 10.0 Å². The fourth-order valence-corrected chi connectivity index (χ4v) is 9.56. The molecular formula is C45H51Cl2N7O3. The lowest BCUT2D eigenvalue weighted by atomic mass is 9.98. The van der Waals surface area contributed by atoms with Gasteiger partial charge in [0.15, 0.2) is 6.29 Å². The number of likely N-dealkylation sites (N-methyl/N-ethyl adjacent to an activating group) is 1. The van der Waals surface area contributed by atoms with Crippen LogP contribution in [-0.4, -0.2) is 87.3 Å². The zero-order valence-electron chi connectivity index (χ0n) is 34.2. The number of amides is 1. The zero-order valence-corrected chi connectivity index (χ0v) is 35.7. The molecule has 3 aromatic heterocycles. The van der Waals surface area contributed by atoms with Crippen molar-refractivity contribution in [3.63, 3.8) is 0 Å². The largest absolute Gasteiger partial charge is 0.494 e. The minimum atomic E-state index is -0.109. The molecule has 0 bridgehead atoms. The van der Waals surface area contributed by atoms with Gasteiger partial charge in [0.25, 0.3) is 5.91 Å². The smallest absolute Gasteiger partial charge is 0.275 e. The van der Waals surface area contributed by atoms with E-state index in [1.54, 1.807) is 0 Å². The topological polar surface area (TPSA) is 80.8 Å². The summed E-state index contributed by atoms with van der Waals surface area (Å²) in [6, 6.07) is 12.2. The lowest BCUT2D eigenvalue weighted by molar-refractivity contribution is 0.0957. The van der Waals surface area contributed by atoms with E-state index in [1.165, 1.54) is 0 Å². The van der Waals surface area contributed by atoms with E-state index in [2.05, 4.69) is 53.5 Å². The molecule has 0 radical (unpaired) electrons. The average molecular weight is 809 g/mol. The Morgan fingerprint density at radius 1 is 0.912 bits per heavy atom. The number of aldehydes is 1. The van der Waals surface area contributed by atoms with Gasteiger partial charge in [0.05, 0.1) is 34.0 Å². The molecule has 5 heterocycles. The average Bonchev–Trinajstić information content (AvgIpc) is 3.78. The van der Waals surface area contributed by atoms with Crippen molar-refractivity contribution in [2.45, 2.75) is 60.0 Å². The van der Waals surface area contributed by atoms with Crippen LogP contribution in [-0.2, 0) is 27.1 Å². The van der Waals surface area contributed by atoms with E-state index in [4.69, 9.17) is 33.0 Å². The van der Waals surface area contributed by atoms with Crippen molar-refractivity contribution in [2.75, 3.05) is 51.3 Å². The van der Waals surface area contributed by atoms with E-state index in [-0.39, 0.29) is 11.9 Å². The Kier molecular flexibility index (Phi) is 10.5. The summed E-state index contributed by atoms with van der Waals surface area (Å²) in [4.78, 5) is 34.6. The van der Waals surface area contributed by atoms with Crippen molar-refractivity contribution in [3.05, 3.63) is 97.5 Å². The molecule has 1 amide bonds. The summed E-state index contributed by atoms with van der Waals surface area (Å²) in [5.41, 5.74) is 11.7. The molecule has 1 atom stereocenters. The highest BCUT2D eigenvalue weighted by molar-refractivity contribution is 6.35. The number of carbonyl (C=O) groups is 2. The SMILES string of the molecule is Cc1cc(OCCCc2c3n(c4c(-c5c(C)nn(C)c5C)c(Cl)ccc24)[C@H](C)CN(c2cc(CN4CCN(C)CC4)cc4c(C=O)cn(C)c24)C3=O)cc(C)c1Cl. The zero-order chi connectivity index (χ0) is 40.4. The van der Waals surface area contributed by atoms with Crippen molar-refractivity contribution < 1.29 is 14.3 Å². The number of ether oxygens (including phenoxy) is 1. The summed E-state index contributed by atoms with van der Waals surface area (Å²) >= 11 is 13.6. The highest BCUT2D eigenvalue weighted by atomic mass is 35.5. The Balaban J connectivity index is 1.26. The molecule has 10 nitrogen and oxygen atoms in total. The molecule has 8 rings (SSSR count). The molecule has 57 heavy (non-hydrogen) atoms. The van der Waals surface area contributed by atoms with Gasteiger partial charge in [-0.25, -0.2) is 0 Å². The molecule has 3 aromatic carbocycles. The van der Waals surface area contributed by atoms with Crippen LogP contribution in [0.3, 0.4) is 0 Å². The Labute approximate surface area is 344 Å². The number of hydrogen-bond acceptors (Lipinski definition) is 6. The first-order valence-corrected chi connectivity index (χ1v) is 20.6. The van der Waals surface area contributed by atoms with E-state index in [1.807, 2.05) is 73.4 Å². The van der Waals surface area contributed by atoms with E-state index >= 15 is 4.79 Å². The number of halogens is 2. The summed E-state index contributed by atoms with van der Waals surface area (Å²) in [5.74, 6) is 0.709. The molecule has 0 aliphatic carbocycles. The van der Waals surface area contributed by atoms with Gasteiger partial charge < -0.3 is 23.7 Å². The third-order valence-electron chi connectivity index (χ3n) is 12.1. The van der Waals surface area contributed by atoms with Crippen LogP contribution in [0.1, 0.15) is 73.9 Å². The van der Waals surface area contributed by atoms with Gasteiger partial charge in [-0.1, -0.05) is 29.3 Å². The molecule has 0 spiro atoms. The highest BCUT2D eigenvalue weighted by Gasteiger charge is 2.38. The van der Waals surface area contributed by atoms with Crippen LogP contribution in [0.25, 0.3) is 32.9 Å². The van der Waals surface area contributed by atoms with Crippen molar-refractivity contribution in [1.29, 1.82) is 0 Å². The molecule has 6 aromatic rings. The van der Waals surface area contributed by atoms with Gasteiger partial charge in [-0.3, -0.25) is 19.2 Å². The highest BCUT2D eigenvalue weighted by Crippen LogP contribution is 2.46. The van der Waals surface area contributed by atoms with Gasteiger partial charge in [0.1, 0.15) is 11.4 Å². The number of nitrogens with zero attached hydrogens (tertiary/aromatic N) is 7. The van der Waals surface area contributed by atoms with E-state index in [9.17, 15) is 4.79 Å². The van der Waals surface area contributed by atoms with Gasteiger partial charge in [-0.05, 0) is 107 Å². The molecule has 1 fully saturated rings. The van der Waals surface area contributed by atoms with Crippen LogP contribution >= 0.6 is 23.2 Å². The number of benzene rings is 3. The summed E-state index contributed by atoms with van der Waals surface area (Å²) in [7, 11) is 6.06. The maximum atomic E-state index is 15.5. The molecule has 2 aliphatic rings. The van der Waals surface area contributed by atoms with Crippen molar-refractivity contribution >= 4 is 62.9 Å². The minimum Gasteiger partial charge on any atom is -0.494 e. The van der Waals surface area contributed by atoms with E-state index < -0.39 is 0 Å².